The number of carbonyl (C=O) groups is 2. The van der Waals surface area contributed by atoms with E-state index >= 15 is 0 Å². The lowest BCUT2D eigenvalue weighted by molar-refractivity contribution is -0.141. The van der Waals surface area contributed by atoms with Crippen molar-refractivity contribution >= 4 is 23.2 Å². The number of hydrogen-bond donors (Lipinski definition) is 3. The highest BCUT2D eigenvalue weighted by Crippen LogP contribution is 2.13. The van der Waals surface area contributed by atoms with Crippen LogP contribution >= 0.6 is 11.3 Å². The van der Waals surface area contributed by atoms with Gasteiger partial charge in [-0.2, -0.15) is 0 Å². The van der Waals surface area contributed by atoms with Crippen molar-refractivity contribution < 1.29 is 24.5 Å². The summed E-state index contributed by atoms with van der Waals surface area (Å²) in [6.45, 7) is 4.97. The van der Waals surface area contributed by atoms with Crippen molar-refractivity contribution in [2.45, 2.75) is 25.6 Å². The lowest BCUT2D eigenvalue weighted by Gasteiger charge is -2.25. The van der Waals surface area contributed by atoms with Gasteiger partial charge in [-0.25, -0.2) is 9.78 Å². The molecule has 0 spiro atoms. The predicted molar refractivity (Wildman–Crippen MR) is 78.8 cm³/mol. The summed E-state index contributed by atoms with van der Waals surface area (Å²) in [5, 5.41) is 23.0. The molecular weight excluding hydrogens is 310 g/mol. The maximum atomic E-state index is 12.0. The fourth-order valence-corrected chi connectivity index (χ4v) is 2.86. The average molecular weight is 329 g/mol. The summed E-state index contributed by atoms with van der Waals surface area (Å²) in [7, 11) is 0. The number of rotatable bonds is 6. The molecule has 1 aliphatic rings. The Morgan fingerprint density at radius 2 is 2.18 bits per heavy atom. The van der Waals surface area contributed by atoms with Crippen molar-refractivity contribution in [3.8, 4) is 0 Å². The largest absolute Gasteiger partial charge is 0.480 e. The molecule has 3 N–H and O–H groups in total. The first-order valence-corrected chi connectivity index (χ1v) is 7.81. The minimum atomic E-state index is -1.35. The van der Waals surface area contributed by atoms with E-state index in [0.29, 0.717) is 19.8 Å². The van der Waals surface area contributed by atoms with Gasteiger partial charge < -0.3 is 20.3 Å². The Balaban J connectivity index is 1.94. The minimum absolute atomic E-state index is 0.167. The second-order valence-electron chi connectivity index (χ2n) is 5.04. The maximum Gasteiger partial charge on any atom is 0.328 e. The number of aliphatic hydroxyl groups is 1. The number of morpholine rings is 1. The Morgan fingerprint density at radius 3 is 2.77 bits per heavy atom. The third-order valence-electron chi connectivity index (χ3n) is 3.28. The van der Waals surface area contributed by atoms with Crippen molar-refractivity contribution in [2.24, 2.45) is 0 Å². The first-order valence-electron chi connectivity index (χ1n) is 6.93. The Bertz CT molecular complexity index is 528. The zero-order chi connectivity index (χ0) is 16.1. The van der Waals surface area contributed by atoms with Gasteiger partial charge in [-0.3, -0.25) is 9.69 Å². The third kappa shape index (κ3) is 4.47. The zero-order valence-corrected chi connectivity index (χ0v) is 13.0. The number of nitrogens with zero attached hydrogens (tertiary/aromatic N) is 2. The van der Waals surface area contributed by atoms with Crippen LogP contribution in [-0.2, 0) is 16.1 Å². The van der Waals surface area contributed by atoms with Crippen LogP contribution in [0.15, 0.2) is 5.38 Å². The summed E-state index contributed by atoms with van der Waals surface area (Å²) in [5.41, 5.74) is 0.167. The quantitative estimate of drug-likeness (QED) is 0.647. The molecule has 22 heavy (non-hydrogen) atoms. The molecule has 1 saturated heterocycles. The molecule has 1 amide bonds. The number of aromatic nitrogens is 1. The van der Waals surface area contributed by atoms with Crippen molar-refractivity contribution in [3.05, 3.63) is 16.1 Å². The van der Waals surface area contributed by atoms with Crippen molar-refractivity contribution in [1.29, 1.82) is 0 Å². The summed E-state index contributed by atoms with van der Waals surface area (Å²) in [6, 6.07) is -1.35. The van der Waals surface area contributed by atoms with Gasteiger partial charge in [0.25, 0.3) is 5.91 Å². The van der Waals surface area contributed by atoms with Crippen LogP contribution in [0.5, 0.6) is 0 Å². The fourth-order valence-electron chi connectivity index (χ4n) is 2.04. The number of amides is 1. The van der Waals surface area contributed by atoms with Gasteiger partial charge in [0.05, 0.1) is 25.9 Å². The summed E-state index contributed by atoms with van der Waals surface area (Å²) in [5.74, 6) is -1.88. The number of aliphatic hydroxyl groups excluding tert-OH is 1. The monoisotopic (exact) mass is 329 g/mol. The van der Waals surface area contributed by atoms with Gasteiger partial charge in [-0.05, 0) is 6.92 Å². The predicted octanol–water partition coefficient (Wildman–Crippen LogP) is -0.461. The lowest BCUT2D eigenvalue weighted by Crippen LogP contribution is -2.47. The van der Waals surface area contributed by atoms with Crippen molar-refractivity contribution in [2.75, 3.05) is 26.3 Å². The molecule has 1 aromatic heterocycles. The fraction of sp³-hybridized carbons (Fsp3) is 0.615. The molecule has 2 atom stereocenters. The molecule has 2 heterocycles. The van der Waals surface area contributed by atoms with E-state index in [1.807, 2.05) is 0 Å². The summed E-state index contributed by atoms with van der Waals surface area (Å²) in [6.07, 6.45) is -1.19. The number of carboxylic acids is 1. The van der Waals surface area contributed by atoms with Gasteiger partial charge in [0.2, 0.25) is 0 Å². The second-order valence-corrected chi connectivity index (χ2v) is 5.99. The second kappa shape index (κ2) is 7.63. The number of ether oxygens (including phenoxy) is 1. The van der Waals surface area contributed by atoms with Crippen LogP contribution < -0.4 is 5.32 Å². The molecule has 1 aromatic rings. The summed E-state index contributed by atoms with van der Waals surface area (Å²) < 4.78 is 5.27. The van der Waals surface area contributed by atoms with Gasteiger partial charge in [-0.15, -0.1) is 11.3 Å². The van der Waals surface area contributed by atoms with Gasteiger partial charge in [0, 0.05) is 18.5 Å². The van der Waals surface area contributed by atoms with Crippen LogP contribution in [0.2, 0.25) is 0 Å². The summed E-state index contributed by atoms with van der Waals surface area (Å²) in [4.78, 5) is 29.4. The average Bonchev–Trinajstić information content (AvgIpc) is 2.93. The molecule has 9 heteroatoms. The van der Waals surface area contributed by atoms with Crippen LogP contribution in [0.25, 0.3) is 0 Å². The smallest absolute Gasteiger partial charge is 0.328 e. The number of thiazole rings is 1. The van der Waals surface area contributed by atoms with E-state index in [4.69, 9.17) is 9.84 Å². The minimum Gasteiger partial charge on any atom is -0.480 e. The Hall–Kier alpha value is -1.55. The Kier molecular flexibility index (Phi) is 5.83. The highest BCUT2D eigenvalue weighted by Gasteiger charge is 2.26. The summed E-state index contributed by atoms with van der Waals surface area (Å²) >= 11 is 1.35. The first kappa shape index (κ1) is 16.8. The highest BCUT2D eigenvalue weighted by atomic mass is 32.1. The van der Waals surface area contributed by atoms with Crippen LogP contribution in [0.3, 0.4) is 0 Å². The molecular formula is C13H19N3O5S. The van der Waals surface area contributed by atoms with Crippen LogP contribution in [0, 0.1) is 0 Å². The molecule has 1 aliphatic heterocycles. The molecule has 2 rings (SSSR count). The van der Waals surface area contributed by atoms with E-state index in [2.05, 4.69) is 15.2 Å². The van der Waals surface area contributed by atoms with E-state index < -0.39 is 24.0 Å². The molecule has 0 bridgehead atoms. The molecule has 0 saturated carbocycles. The van der Waals surface area contributed by atoms with Crippen molar-refractivity contribution in [3.63, 3.8) is 0 Å². The normalized spacial score (nSPS) is 18.6. The number of hydrogen-bond acceptors (Lipinski definition) is 7. The molecule has 2 unspecified atom stereocenters. The van der Waals surface area contributed by atoms with E-state index in [-0.39, 0.29) is 5.69 Å². The number of aliphatic carboxylic acids is 1. The maximum absolute atomic E-state index is 12.0. The Labute approximate surface area is 131 Å². The van der Waals surface area contributed by atoms with Crippen LogP contribution in [-0.4, -0.2) is 70.4 Å². The number of carboxylic acid groups (broad SMARTS) is 1. The van der Waals surface area contributed by atoms with E-state index in [9.17, 15) is 14.7 Å². The van der Waals surface area contributed by atoms with Crippen molar-refractivity contribution in [1.82, 2.24) is 15.2 Å². The molecule has 8 nitrogen and oxygen atoms in total. The van der Waals surface area contributed by atoms with E-state index in [1.54, 1.807) is 5.38 Å². The number of carbonyl (C=O) groups excluding carboxylic acids is 1. The topological polar surface area (TPSA) is 112 Å². The van der Waals surface area contributed by atoms with E-state index in [0.717, 1.165) is 18.1 Å². The van der Waals surface area contributed by atoms with Gasteiger partial charge in [-0.1, -0.05) is 0 Å². The van der Waals surface area contributed by atoms with Crippen LogP contribution in [0.4, 0.5) is 0 Å². The van der Waals surface area contributed by atoms with Gasteiger partial charge in [0.15, 0.2) is 6.04 Å². The van der Waals surface area contributed by atoms with E-state index in [1.165, 1.54) is 18.3 Å². The number of nitrogens with one attached hydrogen (secondary N) is 1. The molecule has 0 aromatic carbocycles. The third-order valence-corrected chi connectivity index (χ3v) is 4.12. The molecule has 0 aliphatic carbocycles. The SMILES string of the molecule is CC(O)C(NC(=O)c1csc(CN2CCOCC2)n1)C(=O)O. The van der Waals surface area contributed by atoms with Gasteiger partial charge >= 0.3 is 5.97 Å². The molecule has 0 radical (unpaired) electrons. The molecule has 1 fully saturated rings. The van der Waals surface area contributed by atoms with Gasteiger partial charge in [0.1, 0.15) is 10.7 Å². The Morgan fingerprint density at radius 1 is 1.50 bits per heavy atom. The molecule has 122 valence electrons. The highest BCUT2D eigenvalue weighted by molar-refractivity contribution is 7.09. The first-order chi connectivity index (χ1) is 10.5. The lowest BCUT2D eigenvalue weighted by atomic mass is 10.2. The zero-order valence-electron chi connectivity index (χ0n) is 12.2. The van der Waals surface area contributed by atoms with Crippen LogP contribution in [0.1, 0.15) is 22.4 Å². The standard InChI is InChI=1S/C13H19N3O5S/c1-8(17)11(13(19)20)15-12(18)9-7-22-10(14-9)6-16-2-4-21-5-3-16/h7-8,11,17H,2-6H2,1H3,(H,15,18)(H,19,20).